The Morgan fingerprint density at radius 2 is 2.43 bits per heavy atom. The number of ether oxygens (including phenoxy) is 1. The molecule has 1 aromatic heterocycles. The number of carbonyl (C=O) groups excluding carboxylic acids is 1. The van der Waals surface area contributed by atoms with Crippen molar-refractivity contribution in [3.05, 3.63) is 18.0 Å². The van der Waals surface area contributed by atoms with Crippen LogP contribution in [-0.2, 0) is 11.3 Å². The zero-order chi connectivity index (χ0) is 10.6. The molecule has 0 aliphatic carbocycles. The van der Waals surface area contributed by atoms with Gasteiger partial charge >= 0.3 is 6.61 Å². The topological polar surface area (TPSA) is 44.1 Å². The molecule has 0 bridgehead atoms. The monoisotopic (exact) mass is 204 g/mol. The predicted molar refractivity (Wildman–Crippen MR) is 44.2 cm³/mol. The SMILES string of the molecule is CC(=O)c1cnn(CCOC(F)F)c1. The normalized spacial score (nSPS) is 10.9. The summed E-state index contributed by atoms with van der Waals surface area (Å²) in [5.41, 5.74) is 0.460. The first-order valence-electron chi connectivity index (χ1n) is 4.02. The third-order valence-corrected chi connectivity index (χ3v) is 1.60. The second-order valence-electron chi connectivity index (χ2n) is 2.68. The molecule has 1 aromatic rings. The Labute approximate surface area is 79.5 Å². The van der Waals surface area contributed by atoms with Crippen molar-refractivity contribution in [2.45, 2.75) is 20.1 Å². The van der Waals surface area contributed by atoms with Crippen molar-refractivity contribution in [2.75, 3.05) is 6.61 Å². The van der Waals surface area contributed by atoms with Crippen LogP contribution in [-0.4, -0.2) is 28.8 Å². The number of rotatable bonds is 5. The van der Waals surface area contributed by atoms with Gasteiger partial charge in [0.25, 0.3) is 0 Å². The molecule has 6 heteroatoms. The van der Waals surface area contributed by atoms with Gasteiger partial charge in [-0.05, 0) is 6.92 Å². The Bertz CT molecular complexity index is 312. The number of hydrogen-bond donors (Lipinski definition) is 0. The minimum Gasteiger partial charge on any atom is -0.321 e. The molecule has 0 unspecified atom stereocenters. The van der Waals surface area contributed by atoms with Crippen LogP contribution in [0.25, 0.3) is 0 Å². The first-order chi connectivity index (χ1) is 6.59. The van der Waals surface area contributed by atoms with Crippen LogP contribution >= 0.6 is 0 Å². The van der Waals surface area contributed by atoms with Gasteiger partial charge < -0.3 is 4.74 Å². The second-order valence-corrected chi connectivity index (χ2v) is 2.68. The number of halogens is 2. The van der Waals surface area contributed by atoms with E-state index in [-0.39, 0.29) is 18.9 Å². The minimum atomic E-state index is -2.77. The van der Waals surface area contributed by atoms with Gasteiger partial charge in [0.15, 0.2) is 5.78 Å². The minimum absolute atomic E-state index is 0.106. The highest BCUT2D eigenvalue weighted by Crippen LogP contribution is 1.99. The fraction of sp³-hybridized carbons (Fsp3) is 0.500. The highest BCUT2D eigenvalue weighted by atomic mass is 19.3. The second kappa shape index (κ2) is 4.80. The highest BCUT2D eigenvalue weighted by Gasteiger charge is 2.04. The summed E-state index contributed by atoms with van der Waals surface area (Å²) in [5.74, 6) is -0.106. The first-order valence-corrected chi connectivity index (χ1v) is 4.02. The van der Waals surface area contributed by atoms with E-state index in [0.29, 0.717) is 5.56 Å². The molecular formula is C8H10F2N2O2. The van der Waals surface area contributed by atoms with Crippen LogP contribution in [0.4, 0.5) is 8.78 Å². The molecule has 0 aliphatic rings. The molecule has 0 saturated heterocycles. The largest absolute Gasteiger partial charge is 0.345 e. The Morgan fingerprint density at radius 1 is 1.71 bits per heavy atom. The van der Waals surface area contributed by atoms with Crippen LogP contribution in [0.1, 0.15) is 17.3 Å². The standard InChI is InChI=1S/C8H10F2N2O2/c1-6(13)7-4-11-12(5-7)2-3-14-8(9)10/h4-5,8H,2-3H2,1H3. The van der Waals surface area contributed by atoms with E-state index in [1.54, 1.807) is 0 Å². The van der Waals surface area contributed by atoms with Crippen LogP contribution in [0.15, 0.2) is 12.4 Å². The van der Waals surface area contributed by atoms with Gasteiger partial charge in [-0.15, -0.1) is 0 Å². The summed E-state index contributed by atoms with van der Waals surface area (Å²) in [4.78, 5) is 10.8. The lowest BCUT2D eigenvalue weighted by atomic mass is 10.3. The van der Waals surface area contributed by atoms with Crippen LogP contribution < -0.4 is 0 Å². The third-order valence-electron chi connectivity index (χ3n) is 1.60. The van der Waals surface area contributed by atoms with E-state index in [0.717, 1.165) is 0 Å². The van der Waals surface area contributed by atoms with Crippen LogP contribution in [0.5, 0.6) is 0 Å². The Hall–Kier alpha value is -1.30. The average Bonchev–Trinajstić information content (AvgIpc) is 2.52. The quantitative estimate of drug-likeness (QED) is 0.679. The van der Waals surface area contributed by atoms with Crippen molar-refractivity contribution >= 4 is 5.78 Å². The zero-order valence-electron chi connectivity index (χ0n) is 7.61. The van der Waals surface area contributed by atoms with E-state index >= 15 is 0 Å². The van der Waals surface area contributed by atoms with Gasteiger partial charge in [-0.1, -0.05) is 0 Å². The van der Waals surface area contributed by atoms with Crippen molar-refractivity contribution in [1.82, 2.24) is 9.78 Å². The summed E-state index contributed by atoms with van der Waals surface area (Å²) in [6, 6.07) is 0. The molecule has 14 heavy (non-hydrogen) atoms. The maximum atomic E-state index is 11.6. The maximum absolute atomic E-state index is 11.6. The van der Waals surface area contributed by atoms with Gasteiger partial charge in [0.1, 0.15) is 0 Å². The number of ketones is 1. The van der Waals surface area contributed by atoms with E-state index in [9.17, 15) is 13.6 Å². The molecule has 0 N–H and O–H groups in total. The molecule has 4 nitrogen and oxygen atoms in total. The molecule has 0 amide bonds. The summed E-state index contributed by atoms with van der Waals surface area (Å²) in [6.45, 7) is -1.27. The summed E-state index contributed by atoms with van der Waals surface area (Å²) in [5, 5.41) is 3.81. The molecule has 0 atom stereocenters. The number of alkyl halides is 2. The Balaban J connectivity index is 2.40. The molecule has 0 saturated carbocycles. The van der Waals surface area contributed by atoms with Crippen LogP contribution in [0.2, 0.25) is 0 Å². The number of carbonyl (C=O) groups is 1. The van der Waals surface area contributed by atoms with Crippen LogP contribution in [0.3, 0.4) is 0 Å². The van der Waals surface area contributed by atoms with Crippen molar-refractivity contribution < 1.29 is 18.3 Å². The molecule has 0 aliphatic heterocycles. The molecule has 1 rings (SSSR count). The Morgan fingerprint density at radius 3 is 2.93 bits per heavy atom. The van der Waals surface area contributed by atoms with Crippen molar-refractivity contribution in [3.8, 4) is 0 Å². The van der Waals surface area contributed by atoms with Gasteiger partial charge in [0.2, 0.25) is 0 Å². The number of hydrogen-bond acceptors (Lipinski definition) is 3. The first kappa shape index (κ1) is 10.8. The van der Waals surface area contributed by atoms with E-state index in [1.807, 2.05) is 0 Å². The molecule has 78 valence electrons. The van der Waals surface area contributed by atoms with Gasteiger partial charge in [0.05, 0.1) is 24.9 Å². The molecule has 0 fully saturated rings. The van der Waals surface area contributed by atoms with Gasteiger partial charge in [-0.25, -0.2) is 0 Å². The van der Waals surface area contributed by atoms with Crippen molar-refractivity contribution in [1.29, 1.82) is 0 Å². The summed E-state index contributed by atoms with van der Waals surface area (Å²) in [6.07, 6.45) is 2.89. The fourth-order valence-electron chi connectivity index (χ4n) is 0.903. The van der Waals surface area contributed by atoms with Gasteiger partial charge in [-0.2, -0.15) is 13.9 Å². The molecule has 1 heterocycles. The molecule has 0 radical (unpaired) electrons. The van der Waals surface area contributed by atoms with Gasteiger partial charge in [-0.3, -0.25) is 9.48 Å². The van der Waals surface area contributed by atoms with Crippen molar-refractivity contribution in [2.24, 2.45) is 0 Å². The number of Topliss-reactive ketones (excluding diaryl/α,β-unsaturated/α-hetero) is 1. The average molecular weight is 204 g/mol. The summed E-state index contributed by atoms with van der Waals surface area (Å²) >= 11 is 0. The third kappa shape index (κ3) is 3.21. The zero-order valence-corrected chi connectivity index (χ0v) is 7.61. The van der Waals surface area contributed by atoms with Crippen molar-refractivity contribution in [3.63, 3.8) is 0 Å². The van der Waals surface area contributed by atoms with Gasteiger partial charge in [0, 0.05) is 6.20 Å². The van der Waals surface area contributed by atoms with E-state index in [4.69, 9.17) is 0 Å². The number of aromatic nitrogens is 2. The molecular weight excluding hydrogens is 194 g/mol. The Kier molecular flexibility index (Phi) is 3.70. The predicted octanol–water partition coefficient (Wildman–Crippen LogP) is 1.32. The molecule has 0 spiro atoms. The van der Waals surface area contributed by atoms with E-state index < -0.39 is 6.61 Å². The summed E-state index contributed by atoms with van der Waals surface area (Å²) in [7, 11) is 0. The van der Waals surface area contributed by atoms with E-state index in [2.05, 4.69) is 9.84 Å². The maximum Gasteiger partial charge on any atom is 0.345 e. The van der Waals surface area contributed by atoms with E-state index in [1.165, 1.54) is 24.0 Å². The lowest BCUT2D eigenvalue weighted by Crippen LogP contribution is -2.09. The molecule has 0 aromatic carbocycles. The smallest absolute Gasteiger partial charge is 0.321 e. The fourth-order valence-corrected chi connectivity index (χ4v) is 0.903. The lowest BCUT2D eigenvalue weighted by Gasteiger charge is -2.01. The number of nitrogens with zero attached hydrogens (tertiary/aromatic N) is 2. The highest BCUT2D eigenvalue weighted by molar-refractivity contribution is 5.93. The lowest BCUT2D eigenvalue weighted by molar-refractivity contribution is -0.130. The van der Waals surface area contributed by atoms with Crippen LogP contribution in [0, 0.1) is 0 Å². The summed E-state index contributed by atoms with van der Waals surface area (Å²) < 4.78 is 28.6.